The minimum Gasteiger partial charge on any atom is -0.339 e. The first kappa shape index (κ1) is 17.6. The van der Waals surface area contributed by atoms with Crippen molar-refractivity contribution in [3.05, 3.63) is 88.9 Å². The topological polar surface area (TPSA) is 76.3 Å². The van der Waals surface area contributed by atoms with E-state index in [0.29, 0.717) is 31.2 Å². The fourth-order valence-electron chi connectivity index (χ4n) is 2.90. The van der Waals surface area contributed by atoms with Crippen LogP contribution in [0.2, 0.25) is 0 Å². The second kappa shape index (κ2) is 7.46. The van der Waals surface area contributed by atoms with Crippen LogP contribution in [0.25, 0.3) is 6.08 Å². The van der Waals surface area contributed by atoms with Gasteiger partial charge in [-0.1, -0.05) is 65.8 Å². The molecule has 3 aromatic rings. The van der Waals surface area contributed by atoms with Gasteiger partial charge in [-0.05, 0) is 17.2 Å². The molecule has 1 aromatic heterocycles. The zero-order chi connectivity index (χ0) is 18.7. The predicted octanol–water partition coefficient (Wildman–Crippen LogP) is 3.06. The number of rotatable bonds is 6. The van der Waals surface area contributed by atoms with Gasteiger partial charge in [0.25, 0.3) is 0 Å². The summed E-state index contributed by atoms with van der Waals surface area (Å²) in [4.78, 5) is 4.42. The maximum Gasteiger partial charge on any atom is 0.236 e. The molecule has 27 heavy (non-hydrogen) atoms. The Kier molecular flexibility index (Phi) is 4.87. The van der Waals surface area contributed by atoms with E-state index in [1.807, 2.05) is 60.7 Å². The fraction of sp³-hybridized carbons (Fsp3) is 0.200. The Bertz CT molecular complexity index is 1020. The summed E-state index contributed by atoms with van der Waals surface area (Å²) in [5.74, 6) is 1.06. The summed E-state index contributed by atoms with van der Waals surface area (Å²) in [6, 6.07) is 19.3. The molecule has 2 aromatic carbocycles. The van der Waals surface area contributed by atoms with Crippen molar-refractivity contribution < 1.29 is 12.9 Å². The van der Waals surface area contributed by atoms with Crippen LogP contribution in [0.4, 0.5) is 0 Å². The summed E-state index contributed by atoms with van der Waals surface area (Å²) >= 11 is 0. The molecule has 0 radical (unpaired) electrons. The molecule has 7 heteroatoms. The number of nitrogens with zero attached hydrogens (tertiary/aromatic N) is 3. The van der Waals surface area contributed by atoms with Crippen molar-refractivity contribution in [1.29, 1.82) is 0 Å². The van der Waals surface area contributed by atoms with Gasteiger partial charge in [0.2, 0.25) is 15.9 Å². The molecular formula is C20H19N3O3S. The van der Waals surface area contributed by atoms with Crippen molar-refractivity contribution in [3.63, 3.8) is 0 Å². The third kappa shape index (κ3) is 4.15. The highest BCUT2D eigenvalue weighted by Crippen LogP contribution is 2.29. The van der Waals surface area contributed by atoms with E-state index in [0.717, 1.165) is 11.1 Å². The summed E-state index contributed by atoms with van der Waals surface area (Å²) < 4.78 is 31.5. The highest BCUT2D eigenvalue weighted by atomic mass is 32.2. The molecule has 1 aliphatic rings. The summed E-state index contributed by atoms with van der Waals surface area (Å²) in [5.41, 5.74) is 1.95. The van der Waals surface area contributed by atoms with Gasteiger partial charge in [0.05, 0.1) is 5.92 Å². The van der Waals surface area contributed by atoms with Crippen molar-refractivity contribution in [2.75, 3.05) is 13.1 Å². The molecule has 6 nitrogen and oxygen atoms in total. The zero-order valence-corrected chi connectivity index (χ0v) is 15.4. The Morgan fingerprint density at radius 1 is 1.04 bits per heavy atom. The molecule has 4 rings (SSSR count). The molecule has 2 heterocycles. The lowest BCUT2D eigenvalue weighted by atomic mass is 10.0. The molecule has 0 aliphatic carbocycles. The minimum absolute atomic E-state index is 0.0538. The molecule has 1 saturated heterocycles. The summed E-state index contributed by atoms with van der Waals surface area (Å²) in [7, 11) is -3.44. The number of hydrogen-bond donors (Lipinski definition) is 0. The lowest BCUT2D eigenvalue weighted by Gasteiger charge is -2.34. The van der Waals surface area contributed by atoms with Gasteiger partial charge >= 0.3 is 0 Å². The van der Waals surface area contributed by atoms with E-state index in [2.05, 4.69) is 10.1 Å². The Balaban J connectivity index is 1.36. The van der Waals surface area contributed by atoms with Gasteiger partial charge in [-0.2, -0.15) is 9.29 Å². The van der Waals surface area contributed by atoms with Crippen LogP contribution in [0.3, 0.4) is 0 Å². The smallest absolute Gasteiger partial charge is 0.236 e. The first-order valence-electron chi connectivity index (χ1n) is 8.70. The molecule has 138 valence electrons. The maximum absolute atomic E-state index is 12.4. The molecule has 1 aliphatic heterocycles. The van der Waals surface area contributed by atoms with Gasteiger partial charge in [-0.3, -0.25) is 0 Å². The average Bonchev–Trinajstić information content (AvgIpc) is 3.08. The van der Waals surface area contributed by atoms with Gasteiger partial charge in [-0.15, -0.1) is 0 Å². The van der Waals surface area contributed by atoms with E-state index >= 15 is 0 Å². The normalized spacial score (nSPS) is 15.9. The Morgan fingerprint density at radius 2 is 1.70 bits per heavy atom. The molecule has 0 amide bonds. The quantitative estimate of drug-likeness (QED) is 0.656. The zero-order valence-electron chi connectivity index (χ0n) is 14.6. The van der Waals surface area contributed by atoms with E-state index < -0.39 is 10.0 Å². The number of aromatic nitrogens is 2. The largest absolute Gasteiger partial charge is 0.339 e. The molecule has 0 bridgehead atoms. The van der Waals surface area contributed by atoms with E-state index in [1.54, 1.807) is 6.08 Å². The Morgan fingerprint density at radius 3 is 2.41 bits per heavy atom. The van der Waals surface area contributed by atoms with Crippen molar-refractivity contribution in [2.45, 2.75) is 12.3 Å². The molecule has 1 fully saturated rings. The van der Waals surface area contributed by atoms with Crippen molar-refractivity contribution in [3.8, 4) is 0 Å². The van der Waals surface area contributed by atoms with Crippen LogP contribution < -0.4 is 0 Å². The molecular weight excluding hydrogens is 362 g/mol. The van der Waals surface area contributed by atoms with Gasteiger partial charge in [0.15, 0.2) is 5.82 Å². The average molecular weight is 381 g/mol. The van der Waals surface area contributed by atoms with Gasteiger partial charge in [0.1, 0.15) is 0 Å². The van der Waals surface area contributed by atoms with Crippen LogP contribution in [-0.4, -0.2) is 36.0 Å². The predicted molar refractivity (Wildman–Crippen MR) is 102 cm³/mol. The monoisotopic (exact) mass is 381 g/mol. The first-order chi connectivity index (χ1) is 13.1. The van der Waals surface area contributed by atoms with Crippen LogP contribution >= 0.6 is 0 Å². The number of sulfonamides is 1. The molecule has 0 N–H and O–H groups in total. The van der Waals surface area contributed by atoms with Crippen LogP contribution in [0.1, 0.15) is 28.8 Å². The third-order valence-electron chi connectivity index (χ3n) is 4.48. The van der Waals surface area contributed by atoms with Gasteiger partial charge in [-0.25, -0.2) is 8.42 Å². The SMILES string of the molecule is O=S(=O)(/C=C/c1ccccc1)N1CC(c2nc(Cc3ccccc3)no2)C1. The van der Waals surface area contributed by atoms with Crippen LogP contribution in [0.5, 0.6) is 0 Å². The summed E-state index contributed by atoms with van der Waals surface area (Å²) in [5, 5.41) is 5.25. The third-order valence-corrected chi connectivity index (χ3v) is 5.98. The Labute approximate surface area is 158 Å². The van der Waals surface area contributed by atoms with Crippen LogP contribution in [0, 0.1) is 0 Å². The van der Waals surface area contributed by atoms with E-state index in [1.165, 1.54) is 9.71 Å². The minimum atomic E-state index is -3.44. The Hall–Kier alpha value is -2.77. The van der Waals surface area contributed by atoms with Gasteiger partial charge in [0, 0.05) is 24.9 Å². The molecule has 0 atom stereocenters. The van der Waals surface area contributed by atoms with E-state index in [9.17, 15) is 8.42 Å². The van der Waals surface area contributed by atoms with Crippen molar-refractivity contribution in [1.82, 2.24) is 14.4 Å². The summed E-state index contributed by atoms with van der Waals surface area (Å²) in [6.45, 7) is 0.711. The lowest BCUT2D eigenvalue weighted by molar-refractivity contribution is 0.218. The first-order valence-corrected chi connectivity index (χ1v) is 10.2. The van der Waals surface area contributed by atoms with Crippen LogP contribution in [-0.2, 0) is 16.4 Å². The van der Waals surface area contributed by atoms with Gasteiger partial charge < -0.3 is 4.52 Å². The van der Waals surface area contributed by atoms with Crippen molar-refractivity contribution in [2.24, 2.45) is 0 Å². The van der Waals surface area contributed by atoms with E-state index in [-0.39, 0.29) is 5.92 Å². The number of benzene rings is 2. The maximum atomic E-state index is 12.4. The standard InChI is InChI=1S/C20H19N3O3S/c24-27(25,12-11-16-7-3-1-4-8-16)23-14-18(15-23)20-21-19(22-26-20)13-17-9-5-2-6-10-17/h1-12,18H,13-15H2/b12-11+. The highest BCUT2D eigenvalue weighted by molar-refractivity contribution is 7.92. The van der Waals surface area contributed by atoms with Crippen LogP contribution in [0.15, 0.2) is 70.6 Å². The second-order valence-corrected chi connectivity index (χ2v) is 8.30. The lowest BCUT2D eigenvalue weighted by Crippen LogP contribution is -2.47. The molecule has 0 spiro atoms. The van der Waals surface area contributed by atoms with E-state index in [4.69, 9.17) is 4.52 Å². The summed E-state index contributed by atoms with van der Waals surface area (Å²) in [6.07, 6.45) is 2.20. The second-order valence-electron chi connectivity index (χ2n) is 6.48. The van der Waals surface area contributed by atoms with Crippen molar-refractivity contribution >= 4 is 16.1 Å². The number of hydrogen-bond acceptors (Lipinski definition) is 5. The fourth-order valence-corrected chi connectivity index (χ4v) is 4.18. The highest BCUT2D eigenvalue weighted by Gasteiger charge is 2.38. The molecule has 0 saturated carbocycles. The molecule has 0 unspecified atom stereocenters.